The minimum Gasteiger partial charge on any atom is -0.489 e. The third kappa shape index (κ3) is 3.91. The Hall–Kier alpha value is -1.86. The van der Waals surface area contributed by atoms with Crippen molar-refractivity contribution in [2.45, 2.75) is 38.9 Å². The molecule has 0 fully saturated rings. The number of hydrogen-bond donors (Lipinski definition) is 2. The Morgan fingerprint density at radius 2 is 2.00 bits per heavy atom. The Kier molecular flexibility index (Phi) is 4.81. The normalized spacial score (nSPS) is 12.6. The van der Waals surface area contributed by atoms with Crippen LogP contribution in [0.15, 0.2) is 18.2 Å². The van der Waals surface area contributed by atoms with Gasteiger partial charge in [0.25, 0.3) is 0 Å². The molecular formula is C16H24N2O4Si. The summed E-state index contributed by atoms with van der Waals surface area (Å²) in [5.41, 5.74) is 1.17. The number of aromatic amines is 1. The molecule has 0 bridgehead atoms. The van der Waals surface area contributed by atoms with Crippen LogP contribution in [0.1, 0.15) is 31.4 Å². The number of aromatic nitrogens is 2. The summed E-state index contributed by atoms with van der Waals surface area (Å²) in [6, 6.07) is 5.35. The van der Waals surface area contributed by atoms with E-state index >= 15 is 0 Å². The van der Waals surface area contributed by atoms with E-state index in [1.54, 1.807) is 18.2 Å². The van der Waals surface area contributed by atoms with E-state index in [2.05, 4.69) is 43.8 Å². The van der Waals surface area contributed by atoms with Crippen molar-refractivity contribution in [1.29, 1.82) is 0 Å². The average Bonchev–Trinajstić information content (AvgIpc) is 2.87. The van der Waals surface area contributed by atoms with Crippen LogP contribution >= 0.6 is 0 Å². The van der Waals surface area contributed by atoms with Gasteiger partial charge in [-0.1, -0.05) is 26.8 Å². The molecule has 0 radical (unpaired) electrons. The zero-order chi connectivity index (χ0) is 17.3. The lowest BCUT2D eigenvalue weighted by Crippen LogP contribution is -2.41. The van der Waals surface area contributed by atoms with Gasteiger partial charge in [-0.2, -0.15) is 0 Å². The number of fused-ring (bicyclic) bond motifs is 1. The van der Waals surface area contributed by atoms with Crippen molar-refractivity contribution in [3.8, 4) is 5.75 Å². The van der Waals surface area contributed by atoms with Gasteiger partial charge in [0.1, 0.15) is 17.9 Å². The van der Waals surface area contributed by atoms with Gasteiger partial charge in [-0.3, -0.25) is 0 Å². The lowest BCUT2D eigenvalue weighted by molar-refractivity contribution is 0.0685. The monoisotopic (exact) mass is 336 g/mol. The summed E-state index contributed by atoms with van der Waals surface area (Å²) in [6.45, 7) is 11.9. The maximum atomic E-state index is 11.0. The Balaban J connectivity index is 2.02. The summed E-state index contributed by atoms with van der Waals surface area (Å²) < 4.78 is 11.8. The number of imidazole rings is 1. The first-order valence-corrected chi connectivity index (χ1v) is 10.5. The Morgan fingerprint density at radius 1 is 1.30 bits per heavy atom. The molecule has 0 saturated heterocycles. The van der Waals surface area contributed by atoms with E-state index in [0.29, 0.717) is 30.0 Å². The number of hydrogen-bond acceptors (Lipinski definition) is 4. The van der Waals surface area contributed by atoms with E-state index in [9.17, 15) is 4.79 Å². The fourth-order valence-corrected chi connectivity index (χ4v) is 2.92. The Morgan fingerprint density at radius 3 is 2.61 bits per heavy atom. The van der Waals surface area contributed by atoms with Crippen LogP contribution in [0, 0.1) is 0 Å². The molecule has 1 aromatic carbocycles. The highest BCUT2D eigenvalue weighted by molar-refractivity contribution is 6.74. The molecule has 23 heavy (non-hydrogen) atoms. The van der Waals surface area contributed by atoms with Crippen molar-refractivity contribution >= 4 is 25.3 Å². The number of carbonyl (C=O) groups is 1. The quantitative estimate of drug-likeness (QED) is 0.621. The van der Waals surface area contributed by atoms with Gasteiger partial charge in [0.15, 0.2) is 8.32 Å². The smallest absolute Gasteiger partial charge is 0.371 e. The molecule has 7 heteroatoms. The fraction of sp³-hybridized carbons (Fsp3) is 0.500. The molecule has 0 unspecified atom stereocenters. The van der Waals surface area contributed by atoms with Crippen molar-refractivity contribution in [3.63, 3.8) is 0 Å². The first kappa shape index (κ1) is 17.5. The van der Waals surface area contributed by atoms with Gasteiger partial charge >= 0.3 is 5.97 Å². The molecule has 0 aliphatic carbocycles. The number of benzene rings is 1. The van der Waals surface area contributed by atoms with Crippen LogP contribution in [0.4, 0.5) is 0 Å². The molecule has 0 atom stereocenters. The second-order valence-electron chi connectivity index (χ2n) is 7.00. The number of aromatic carboxylic acids is 1. The van der Waals surface area contributed by atoms with Gasteiger partial charge in [0.05, 0.1) is 12.1 Å². The van der Waals surface area contributed by atoms with Gasteiger partial charge in [-0.05, 0) is 30.3 Å². The molecule has 1 aromatic heterocycles. The molecule has 0 aliphatic heterocycles. The van der Waals surface area contributed by atoms with E-state index in [-0.39, 0.29) is 10.9 Å². The van der Waals surface area contributed by atoms with Crippen LogP contribution in [0.5, 0.6) is 5.75 Å². The molecule has 126 valence electrons. The van der Waals surface area contributed by atoms with Crippen molar-refractivity contribution in [3.05, 3.63) is 24.0 Å². The van der Waals surface area contributed by atoms with Crippen LogP contribution in [-0.2, 0) is 4.43 Å². The van der Waals surface area contributed by atoms with Crippen LogP contribution in [-0.4, -0.2) is 42.6 Å². The molecule has 2 rings (SSSR count). The second kappa shape index (κ2) is 6.33. The van der Waals surface area contributed by atoms with Gasteiger partial charge in [0.2, 0.25) is 5.82 Å². The molecule has 2 aromatic rings. The third-order valence-corrected chi connectivity index (χ3v) is 8.83. The molecule has 0 amide bonds. The lowest BCUT2D eigenvalue weighted by atomic mass is 10.2. The standard InChI is InChI=1S/C16H24N2O4Si/c1-16(2,3)23(4,5)22-10-9-21-12-8-6-7-11-13(12)18-14(17-11)15(19)20/h6-8H,9-10H2,1-5H3,(H,17,18)(H,19,20). The maximum Gasteiger partial charge on any atom is 0.371 e. The highest BCUT2D eigenvalue weighted by Gasteiger charge is 2.36. The minimum atomic E-state index is -1.79. The number of nitrogens with one attached hydrogen (secondary N) is 1. The van der Waals surface area contributed by atoms with E-state index in [1.165, 1.54) is 0 Å². The third-order valence-electron chi connectivity index (χ3n) is 4.29. The Labute approximate surface area is 137 Å². The van der Waals surface area contributed by atoms with Crippen molar-refractivity contribution in [2.24, 2.45) is 0 Å². The molecule has 0 aliphatic rings. The number of para-hydroxylation sites is 1. The fourth-order valence-electron chi connectivity index (χ4n) is 1.89. The van der Waals surface area contributed by atoms with Crippen molar-refractivity contribution in [2.75, 3.05) is 13.2 Å². The molecule has 0 spiro atoms. The molecule has 0 saturated carbocycles. The first-order chi connectivity index (χ1) is 10.6. The van der Waals surface area contributed by atoms with Crippen LogP contribution in [0.25, 0.3) is 11.0 Å². The minimum absolute atomic E-state index is 0.0893. The number of carboxylic acids is 1. The second-order valence-corrected chi connectivity index (χ2v) is 11.8. The first-order valence-electron chi connectivity index (χ1n) is 7.60. The predicted molar refractivity (Wildman–Crippen MR) is 91.7 cm³/mol. The summed E-state index contributed by atoms with van der Waals surface area (Å²) in [5.74, 6) is -0.618. The Bertz CT molecular complexity index is 704. The maximum absolute atomic E-state index is 11.0. The van der Waals surface area contributed by atoms with Gasteiger partial charge < -0.3 is 19.3 Å². The topological polar surface area (TPSA) is 84.4 Å². The largest absolute Gasteiger partial charge is 0.489 e. The average molecular weight is 336 g/mol. The van der Waals surface area contributed by atoms with Gasteiger partial charge in [0, 0.05) is 0 Å². The summed E-state index contributed by atoms with van der Waals surface area (Å²) in [7, 11) is -1.79. The van der Waals surface area contributed by atoms with E-state index in [4.69, 9.17) is 14.3 Å². The number of H-pyrrole nitrogens is 1. The SMILES string of the molecule is CC(C)(C)[Si](C)(C)OCCOc1cccc2[nH]c(C(=O)O)nc12. The number of rotatable bonds is 6. The van der Waals surface area contributed by atoms with Crippen LogP contribution < -0.4 is 4.74 Å². The zero-order valence-corrected chi connectivity index (χ0v) is 15.3. The number of carboxylic acid groups (broad SMARTS) is 1. The van der Waals surface area contributed by atoms with Gasteiger partial charge in [-0.15, -0.1) is 0 Å². The van der Waals surface area contributed by atoms with Crippen molar-refractivity contribution < 1.29 is 19.1 Å². The summed E-state index contributed by atoms with van der Waals surface area (Å²) in [5, 5.41) is 9.16. The number of ether oxygens (including phenoxy) is 1. The van der Waals surface area contributed by atoms with Crippen molar-refractivity contribution in [1.82, 2.24) is 9.97 Å². The lowest BCUT2D eigenvalue weighted by Gasteiger charge is -2.36. The number of nitrogens with zero attached hydrogens (tertiary/aromatic N) is 1. The highest BCUT2D eigenvalue weighted by atomic mass is 28.4. The summed E-state index contributed by atoms with van der Waals surface area (Å²) in [6.07, 6.45) is 0. The van der Waals surface area contributed by atoms with E-state index in [0.717, 1.165) is 0 Å². The molecule has 6 nitrogen and oxygen atoms in total. The molecular weight excluding hydrogens is 312 g/mol. The highest BCUT2D eigenvalue weighted by Crippen LogP contribution is 2.36. The summed E-state index contributed by atoms with van der Waals surface area (Å²) >= 11 is 0. The zero-order valence-electron chi connectivity index (χ0n) is 14.3. The molecule has 2 N–H and O–H groups in total. The van der Waals surface area contributed by atoms with Gasteiger partial charge in [-0.25, -0.2) is 9.78 Å². The molecule has 1 heterocycles. The predicted octanol–water partition coefficient (Wildman–Crippen LogP) is 3.66. The van der Waals surface area contributed by atoms with E-state index < -0.39 is 14.3 Å². The summed E-state index contributed by atoms with van der Waals surface area (Å²) in [4.78, 5) is 17.8. The van der Waals surface area contributed by atoms with Crippen LogP contribution in [0.2, 0.25) is 18.1 Å². The van der Waals surface area contributed by atoms with E-state index in [1.807, 2.05) is 0 Å². The van der Waals surface area contributed by atoms with Crippen LogP contribution in [0.3, 0.4) is 0 Å².